The number of hydrogen-bond donors (Lipinski definition) is 2. The normalized spacial score (nSPS) is 22.6. The molecule has 0 bridgehead atoms. The minimum Gasteiger partial charge on any atom is -0.496 e. The zero-order valence-corrected chi connectivity index (χ0v) is 11.7. The zero-order valence-electron chi connectivity index (χ0n) is 11.7. The summed E-state index contributed by atoms with van der Waals surface area (Å²) >= 11 is 0. The monoisotopic (exact) mass is 280 g/mol. The predicted octanol–water partition coefficient (Wildman–Crippen LogP) is 0.946. The van der Waals surface area contributed by atoms with Crippen LogP contribution in [-0.2, 0) is 4.74 Å². The van der Waals surface area contributed by atoms with Crippen molar-refractivity contribution in [2.75, 3.05) is 32.2 Å². The Labute approximate surface area is 118 Å². The predicted molar refractivity (Wildman–Crippen MR) is 75.6 cm³/mol. The van der Waals surface area contributed by atoms with E-state index in [1.165, 1.54) is 7.11 Å². The van der Waals surface area contributed by atoms with Crippen LogP contribution < -0.4 is 15.4 Å². The first kappa shape index (κ1) is 14.6. The number of nitrogens with zero attached hydrogens (tertiary/aromatic N) is 1. The molecule has 20 heavy (non-hydrogen) atoms. The number of carboxylic acids is 1. The van der Waals surface area contributed by atoms with Crippen molar-refractivity contribution in [3.05, 3.63) is 23.8 Å². The number of carbonyl (C=O) groups is 1. The maximum atomic E-state index is 11.2. The van der Waals surface area contributed by atoms with Crippen molar-refractivity contribution in [1.29, 1.82) is 0 Å². The van der Waals surface area contributed by atoms with Gasteiger partial charge in [-0.05, 0) is 24.6 Å². The second-order valence-corrected chi connectivity index (χ2v) is 4.86. The molecule has 1 heterocycles. The molecule has 1 saturated heterocycles. The standard InChI is InChI=1S/C14H20N2O4/c1-19-12-4-3-9(7-10(12)14(17)18)16-6-5-11(15)13(8-16)20-2/h3-4,7,11,13H,5-6,8,15H2,1-2H3,(H,17,18). The van der Waals surface area contributed by atoms with Gasteiger partial charge < -0.3 is 25.2 Å². The molecule has 6 nitrogen and oxygen atoms in total. The third kappa shape index (κ3) is 2.86. The van der Waals surface area contributed by atoms with Crippen LogP contribution in [0.15, 0.2) is 18.2 Å². The Hall–Kier alpha value is -1.79. The van der Waals surface area contributed by atoms with Gasteiger partial charge in [-0.15, -0.1) is 0 Å². The molecule has 3 N–H and O–H groups in total. The Morgan fingerprint density at radius 3 is 2.80 bits per heavy atom. The Bertz CT molecular complexity index is 492. The van der Waals surface area contributed by atoms with Crippen LogP contribution in [0.5, 0.6) is 5.75 Å². The average Bonchev–Trinajstić information content (AvgIpc) is 2.47. The molecule has 0 aliphatic carbocycles. The summed E-state index contributed by atoms with van der Waals surface area (Å²) in [6.07, 6.45) is 0.770. The van der Waals surface area contributed by atoms with Crippen LogP contribution in [0.2, 0.25) is 0 Å². The smallest absolute Gasteiger partial charge is 0.339 e. The van der Waals surface area contributed by atoms with Crippen molar-refractivity contribution < 1.29 is 19.4 Å². The third-order valence-electron chi connectivity index (χ3n) is 3.69. The molecule has 0 aromatic heterocycles. The highest BCUT2D eigenvalue weighted by atomic mass is 16.5. The molecule has 1 aromatic rings. The molecule has 1 aliphatic rings. The van der Waals surface area contributed by atoms with Gasteiger partial charge in [-0.1, -0.05) is 0 Å². The maximum Gasteiger partial charge on any atom is 0.339 e. The molecule has 110 valence electrons. The second kappa shape index (κ2) is 6.11. The number of carboxylic acid groups (broad SMARTS) is 1. The van der Waals surface area contributed by atoms with Crippen LogP contribution in [0.25, 0.3) is 0 Å². The van der Waals surface area contributed by atoms with Gasteiger partial charge in [0.15, 0.2) is 0 Å². The van der Waals surface area contributed by atoms with Crippen LogP contribution >= 0.6 is 0 Å². The van der Waals surface area contributed by atoms with Crippen molar-refractivity contribution in [3.63, 3.8) is 0 Å². The molecule has 0 amide bonds. The van der Waals surface area contributed by atoms with E-state index >= 15 is 0 Å². The molecule has 2 rings (SSSR count). The second-order valence-electron chi connectivity index (χ2n) is 4.86. The maximum absolute atomic E-state index is 11.2. The van der Waals surface area contributed by atoms with E-state index in [0.717, 1.165) is 18.7 Å². The lowest BCUT2D eigenvalue weighted by atomic mass is 10.0. The van der Waals surface area contributed by atoms with Gasteiger partial charge >= 0.3 is 5.97 Å². The number of methoxy groups -OCH3 is 2. The minimum absolute atomic E-state index is 0.0217. The molecular weight excluding hydrogens is 260 g/mol. The number of piperidine rings is 1. The number of hydrogen-bond acceptors (Lipinski definition) is 5. The lowest BCUT2D eigenvalue weighted by Gasteiger charge is -2.37. The van der Waals surface area contributed by atoms with Crippen molar-refractivity contribution >= 4 is 11.7 Å². The van der Waals surface area contributed by atoms with E-state index in [9.17, 15) is 9.90 Å². The summed E-state index contributed by atoms with van der Waals surface area (Å²) in [6, 6.07) is 5.18. The molecule has 1 aromatic carbocycles. The number of rotatable bonds is 4. The lowest BCUT2D eigenvalue weighted by Crippen LogP contribution is -2.51. The lowest BCUT2D eigenvalue weighted by molar-refractivity contribution is 0.0693. The number of anilines is 1. The van der Waals surface area contributed by atoms with Gasteiger partial charge in [-0.25, -0.2) is 4.79 Å². The molecular formula is C14H20N2O4. The first-order valence-electron chi connectivity index (χ1n) is 6.51. The van der Waals surface area contributed by atoms with Gasteiger partial charge in [-0.2, -0.15) is 0 Å². The van der Waals surface area contributed by atoms with E-state index in [1.54, 1.807) is 19.2 Å². The average molecular weight is 280 g/mol. The van der Waals surface area contributed by atoms with E-state index in [1.807, 2.05) is 6.07 Å². The summed E-state index contributed by atoms with van der Waals surface area (Å²) in [6.45, 7) is 1.44. The molecule has 1 aliphatic heterocycles. The molecule has 2 unspecified atom stereocenters. The fourth-order valence-electron chi connectivity index (χ4n) is 2.48. The van der Waals surface area contributed by atoms with E-state index in [2.05, 4.69) is 4.90 Å². The van der Waals surface area contributed by atoms with Crippen molar-refractivity contribution in [3.8, 4) is 5.75 Å². The van der Waals surface area contributed by atoms with Crippen LogP contribution in [0.1, 0.15) is 16.8 Å². The topological polar surface area (TPSA) is 85.0 Å². The van der Waals surface area contributed by atoms with E-state index in [0.29, 0.717) is 12.3 Å². The largest absolute Gasteiger partial charge is 0.496 e. The summed E-state index contributed by atoms with van der Waals surface area (Å²) in [4.78, 5) is 13.3. The van der Waals surface area contributed by atoms with Gasteiger partial charge in [0, 0.05) is 31.9 Å². The highest BCUT2D eigenvalue weighted by molar-refractivity contribution is 5.92. The highest BCUT2D eigenvalue weighted by Gasteiger charge is 2.27. The molecule has 0 spiro atoms. The zero-order chi connectivity index (χ0) is 14.7. The third-order valence-corrected chi connectivity index (χ3v) is 3.69. The Balaban J connectivity index is 2.25. The fourth-order valence-corrected chi connectivity index (χ4v) is 2.48. The van der Waals surface area contributed by atoms with Gasteiger partial charge in [0.1, 0.15) is 11.3 Å². The summed E-state index contributed by atoms with van der Waals surface area (Å²) in [7, 11) is 3.10. The van der Waals surface area contributed by atoms with Crippen molar-refractivity contribution in [1.82, 2.24) is 0 Å². The van der Waals surface area contributed by atoms with Crippen molar-refractivity contribution in [2.45, 2.75) is 18.6 Å². The number of aromatic carboxylic acids is 1. The van der Waals surface area contributed by atoms with E-state index < -0.39 is 5.97 Å². The summed E-state index contributed by atoms with van der Waals surface area (Å²) < 4.78 is 10.4. The van der Waals surface area contributed by atoms with Crippen LogP contribution in [0.3, 0.4) is 0 Å². The van der Waals surface area contributed by atoms with Crippen LogP contribution in [0.4, 0.5) is 5.69 Å². The molecule has 2 atom stereocenters. The molecule has 1 fully saturated rings. The molecule has 0 radical (unpaired) electrons. The first-order valence-corrected chi connectivity index (χ1v) is 6.51. The van der Waals surface area contributed by atoms with Crippen LogP contribution in [0, 0.1) is 0 Å². The van der Waals surface area contributed by atoms with Gasteiger partial charge in [0.05, 0.1) is 13.2 Å². The summed E-state index contributed by atoms with van der Waals surface area (Å²) in [5.74, 6) is -0.640. The molecule has 0 saturated carbocycles. The first-order chi connectivity index (χ1) is 9.56. The summed E-state index contributed by atoms with van der Waals surface area (Å²) in [5, 5.41) is 9.22. The van der Waals surface area contributed by atoms with Crippen molar-refractivity contribution in [2.24, 2.45) is 5.73 Å². The number of nitrogens with two attached hydrogens (primary N) is 1. The SMILES string of the molecule is COc1ccc(N2CCC(N)C(OC)C2)cc1C(=O)O. The number of ether oxygens (including phenoxy) is 2. The van der Waals surface area contributed by atoms with E-state index in [4.69, 9.17) is 15.2 Å². The Morgan fingerprint density at radius 2 is 2.20 bits per heavy atom. The Morgan fingerprint density at radius 1 is 1.45 bits per heavy atom. The quantitative estimate of drug-likeness (QED) is 0.854. The van der Waals surface area contributed by atoms with Gasteiger partial charge in [0.25, 0.3) is 0 Å². The van der Waals surface area contributed by atoms with E-state index in [-0.39, 0.29) is 17.7 Å². The fraction of sp³-hybridized carbons (Fsp3) is 0.500. The van der Waals surface area contributed by atoms with Crippen LogP contribution in [-0.4, -0.2) is 50.5 Å². The van der Waals surface area contributed by atoms with Gasteiger partial charge in [0.2, 0.25) is 0 Å². The van der Waals surface area contributed by atoms with Gasteiger partial charge in [-0.3, -0.25) is 0 Å². The highest BCUT2D eigenvalue weighted by Crippen LogP contribution is 2.27. The molecule has 6 heteroatoms. The minimum atomic E-state index is -0.999. The summed E-state index contributed by atoms with van der Waals surface area (Å²) in [5.41, 5.74) is 6.99. The number of benzene rings is 1. The Kier molecular flexibility index (Phi) is 4.46.